The highest BCUT2D eigenvalue weighted by molar-refractivity contribution is 5.93. The predicted molar refractivity (Wildman–Crippen MR) is 83.9 cm³/mol. The van der Waals surface area contributed by atoms with E-state index in [-0.39, 0.29) is 0 Å². The quantitative estimate of drug-likeness (QED) is 0.857. The standard InChI is InChI=1S/C18H16FNO4/c1-11(18(22)23)20-15(12-7-9-13(19)10-8-12)16(17(20)21)24-14-5-3-2-4-6-14/h2-11,15-16H,1H3,(H,22,23). The highest BCUT2D eigenvalue weighted by Gasteiger charge is 2.53. The second kappa shape index (κ2) is 6.31. The van der Waals surface area contributed by atoms with Crippen LogP contribution in [-0.4, -0.2) is 34.0 Å². The Hall–Kier alpha value is -2.89. The van der Waals surface area contributed by atoms with Crippen LogP contribution in [0.5, 0.6) is 5.75 Å². The number of hydrogen-bond acceptors (Lipinski definition) is 3. The van der Waals surface area contributed by atoms with Crippen molar-refractivity contribution in [3.05, 3.63) is 66.0 Å². The monoisotopic (exact) mass is 329 g/mol. The molecule has 3 unspecified atom stereocenters. The molecule has 5 nitrogen and oxygen atoms in total. The molecule has 1 fully saturated rings. The van der Waals surface area contributed by atoms with Gasteiger partial charge in [-0.05, 0) is 36.8 Å². The summed E-state index contributed by atoms with van der Waals surface area (Å²) in [4.78, 5) is 25.0. The molecule has 3 atom stereocenters. The van der Waals surface area contributed by atoms with E-state index in [4.69, 9.17) is 4.74 Å². The molecule has 6 heteroatoms. The highest BCUT2D eigenvalue weighted by Crippen LogP contribution is 2.39. The first kappa shape index (κ1) is 16.0. The van der Waals surface area contributed by atoms with E-state index in [0.717, 1.165) is 0 Å². The molecule has 2 aromatic carbocycles. The van der Waals surface area contributed by atoms with E-state index in [2.05, 4.69) is 0 Å². The van der Waals surface area contributed by atoms with E-state index in [1.807, 2.05) is 6.07 Å². The fourth-order valence-corrected chi connectivity index (χ4v) is 2.79. The molecule has 0 aromatic heterocycles. The van der Waals surface area contributed by atoms with E-state index < -0.39 is 35.9 Å². The van der Waals surface area contributed by atoms with Crippen LogP contribution >= 0.6 is 0 Å². The summed E-state index contributed by atoms with van der Waals surface area (Å²) in [5, 5.41) is 9.23. The van der Waals surface area contributed by atoms with Gasteiger partial charge in [-0.15, -0.1) is 0 Å². The third kappa shape index (κ3) is 2.82. The second-order valence-corrected chi connectivity index (χ2v) is 5.61. The maximum Gasteiger partial charge on any atom is 0.326 e. The molecule has 1 aliphatic heterocycles. The van der Waals surface area contributed by atoms with Gasteiger partial charge >= 0.3 is 5.97 Å². The van der Waals surface area contributed by atoms with Crippen LogP contribution in [0.25, 0.3) is 0 Å². The number of likely N-dealkylation sites (tertiary alicyclic amines) is 1. The van der Waals surface area contributed by atoms with E-state index in [0.29, 0.717) is 11.3 Å². The lowest BCUT2D eigenvalue weighted by molar-refractivity contribution is -0.175. The average Bonchev–Trinajstić information content (AvgIpc) is 2.59. The zero-order valence-electron chi connectivity index (χ0n) is 12.9. The number of ether oxygens (including phenoxy) is 1. The summed E-state index contributed by atoms with van der Waals surface area (Å²) in [7, 11) is 0. The number of halogens is 1. The summed E-state index contributed by atoms with van der Waals surface area (Å²) in [5.41, 5.74) is 0.630. The van der Waals surface area contributed by atoms with E-state index in [1.165, 1.54) is 36.1 Å². The third-order valence-electron chi connectivity index (χ3n) is 4.08. The minimum absolute atomic E-state index is 0.400. The summed E-state index contributed by atoms with van der Waals surface area (Å²) in [6.45, 7) is 1.44. The summed E-state index contributed by atoms with van der Waals surface area (Å²) in [5.74, 6) is -1.38. The molecule has 1 amide bonds. The molecule has 24 heavy (non-hydrogen) atoms. The number of aliphatic carboxylic acids is 1. The fourth-order valence-electron chi connectivity index (χ4n) is 2.79. The van der Waals surface area contributed by atoms with Crippen LogP contribution in [-0.2, 0) is 9.59 Å². The molecule has 1 N–H and O–H groups in total. The summed E-state index contributed by atoms with van der Waals surface area (Å²) >= 11 is 0. The number of hydrogen-bond donors (Lipinski definition) is 1. The maximum absolute atomic E-state index is 13.2. The Balaban J connectivity index is 1.91. The summed E-state index contributed by atoms with van der Waals surface area (Å²) in [6.07, 6.45) is -0.834. The normalized spacial score (nSPS) is 21.1. The van der Waals surface area contributed by atoms with Gasteiger partial charge in [0.25, 0.3) is 5.91 Å². The van der Waals surface area contributed by atoms with Crippen LogP contribution in [0.3, 0.4) is 0 Å². The lowest BCUT2D eigenvalue weighted by Gasteiger charge is -2.48. The van der Waals surface area contributed by atoms with Crippen LogP contribution in [0.15, 0.2) is 54.6 Å². The van der Waals surface area contributed by atoms with E-state index in [1.54, 1.807) is 24.3 Å². The third-order valence-corrected chi connectivity index (χ3v) is 4.08. The number of rotatable bonds is 5. The van der Waals surface area contributed by atoms with Crippen molar-refractivity contribution in [2.24, 2.45) is 0 Å². The minimum atomic E-state index is -1.10. The largest absolute Gasteiger partial charge is 0.480 e. The molecule has 0 radical (unpaired) electrons. The molecule has 0 aliphatic carbocycles. The van der Waals surface area contributed by atoms with E-state index in [9.17, 15) is 19.1 Å². The van der Waals surface area contributed by atoms with Crippen molar-refractivity contribution >= 4 is 11.9 Å². The van der Waals surface area contributed by atoms with Crippen molar-refractivity contribution in [2.45, 2.75) is 25.1 Å². The number of carboxylic acid groups (broad SMARTS) is 1. The molecule has 1 heterocycles. The Labute approximate surface area is 138 Å². The number of carboxylic acids is 1. The number of carbonyl (C=O) groups is 2. The molecule has 3 rings (SSSR count). The van der Waals surface area contributed by atoms with Crippen molar-refractivity contribution in [2.75, 3.05) is 0 Å². The minimum Gasteiger partial charge on any atom is -0.480 e. The Morgan fingerprint density at radius 2 is 1.79 bits per heavy atom. The Bertz CT molecular complexity index is 747. The van der Waals surface area contributed by atoms with Crippen molar-refractivity contribution in [1.82, 2.24) is 4.90 Å². The number of β-lactam (4-membered cyclic amide) rings is 1. The van der Waals surface area contributed by atoms with Gasteiger partial charge in [0.05, 0.1) is 0 Å². The van der Waals surface area contributed by atoms with Gasteiger partial charge in [0, 0.05) is 0 Å². The number of carbonyl (C=O) groups excluding carboxylic acids is 1. The molecule has 0 bridgehead atoms. The smallest absolute Gasteiger partial charge is 0.326 e. The fraction of sp³-hybridized carbons (Fsp3) is 0.222. The van der Waals surface area contributed by atoms with Gasteiger partial charge in [-0.2, -0.15) is 0 Å². The van der Waals surface area contributed by atoms with Crippen LogP contribution in [0.4, 0.5) is 4.39 Å². The summed E-state index contributed by atoms with van der Waals surface area (Å²) in [6, 6.07) is 12.9. The van der Waals surface area contributed by atoms with Crippen LogP contribution in [0, 0.1) is 5.82 Å². The van der Waals surface area contributed by atoms with Gasteiger partial charge in [-0.3, -0.25) is 4.79 Å². The lowest BCUT2D eigenvalue weighted by Crippen LogP contribution is -2.65. The van der Waals surface area contributed by atoms with Crippen LogP contribution in [0.2, 0.25) is 0 Å². The number of nitrogens with zero attached hydrogens (tertiary/aromatic N) is 1. The van der Waals surface area contributed by atoms with Crippen molar-refractivity contribution in [1.29, 1.82) is 0 Å². The topological polar surface area (TPSA) is 66.8 Å². The van der Waals surface area contributed by atoms with Crippen molar-refractivity contribution in [3.63, 3.8) is 0 Å². The number of para-hydroxylation sites is 1. The lowest BCUT2D eigenvalue weighted by atomic mass is 9.88. The Morgan fingerprint density at radius 3 is 2.38 bits per heavy atom. The molecule has 0 saturated carbocycles. The van der Waals surface area contributed by atoms with Crippen molar-refractivity contribution < 1.29 is 23.8 Å². The zero-order chi connectivity index (χ0) is 17.3. The van der Waals surface area contributed by atoms with Crippen LogP contribution in [0.1, 0.15) is 18.5 Å². The SMILES string of the molecule is CC(C(=O)O)N1C(=O)C(Oc2ccccc2)C1c1ccc(F)cc1. The van der Waals surface area contributed by atoms with Gasteiger partial charge in [-0.25, -0.2) is 9.18 Å². The first-order valence-corrected chi connectivity index (χ1v) is 7.51. The first-order chi connectivity index (χ1) is 11.5. The first-order valence-electron chi connectivity index (χ1n) is 7.51. The Kier molecular flexibility index (Phi) is 4.20. The van der Waals surface area contributed by atoms with Gasteiger partial charge in [0.15, 0.2) is 0 Å². The zero-order valence-corrected chi connectivity index (χ0v) is 12.9. The molecular weight excluding hydrogens is 313 g/mol. The highest BCUT2D eigenvalue weighted by atomic mass is 19.1. The second-order valence-electron chi connectivity index (χ2n) is 5.61. The Morgan fingerprint density at radius 1 is 1.17 bits per heavy atom. The molecule has 2 aromatic rings. The number of amides is 1. The van der Waals surface area contributed by atoms with Gasteiger partial charge in [0.1, 0.15) is 23.7 Å². The molecule has 124 valence electrons. The molecule has 1 aliphatic rings. The molecule has 0 spiro atoms. The predicted octanol–water partition coefficient (Wildman–Crippen LogP) is 2.63. The van der Waals surface area contributed by atoms with Crippen molar-refractivity contribution in [3.8, 4) is 5.75 Å². The van der Waals surface area contributed by atoms with Gasteiger partial charge in [-0.1, -0.05) is 30.3 Å². The maximum atomic E-state index is 13.2. The number of benzene rings is 2. The van der Waals surface area contributed by atoms with Crippen LogP contribution < -0.4 is 4.74 Å². The van der Waals surface area contributed by atoms with Gasteiger partial charge < -0.3 is 14.7 Å². The average molecular weight is 329 g/mol. The summed E-state index contributed by atoms with van der Waals surface area (Å²) < 4.78 is 18.9. The molecule has 1 saturated heterocycles. The van der Waals surface area contributed by atoms with E-state index >= 15 is 0 Å². The molecular formula is C18H16FNO4. The van der Waals surface area contributed by atoms with Gasteiger partial charge in [0.2, 0.25) is 6.10 Å².